The predicted octanol–water partition coefficient (Wildman–Crippen LogP) is 4.56. The molecule has 1 fully saturated rings. The van der Waals surface area contributed by atoms with Gasteiger partial charge in [0, 0.05) is 24.6 Å². The fourth-order valence-corrected chi connectivity index (χ4v) is 3.77. The number of nitrogens with zero attached hydrogens (tertiary/aromatic N) is 3. The average Bonchev–Trinajstić information content (AvgIpc) is 3.23. The number of carbonyl (C=O) groups excluding carboxylic acids is 1. The Kier molecular flexibility index (Phi) is 4.75. The van der Waals surface area contributed by atoms with Crippen molar-refractivity contribution < 1.29 is 14.3 Å². The fourth-order valence-electron chi connectivity index (χ4n) is 2.80. The number of hydrogen-bond donors (Lipinski definition) is 1. The van der Waals surface area contributed by atoms with E-state index in [0.717, 1.165) is 11.4 Å². The van der Waals surface area contributed by atoms with Crippen molar-refractivity contribution in [2.45, 2.75) is 0 Å². The normalized spacial score (nSPS) is 17.1. The summed E-state index contributed by atoms with van der Waals surface area (Å²) in [6.07, 6.45) is 3.68. The zero-order valence-electron chi connectivity index (χ0n) is 14.9. The number of amides is 1. The van der Waals surface area contributed by atoms with Gasteiger partial charge in [0.25, 0.3) is 5.91 Å². The Hall–Kier alpha value is -3.32. The Morgan fingerprint density at radius 2 is 1.89 bits per heavy atom. The van der Waals surface area contributed by atoms with Crippen LogP contribution in [-0.4, -0.2) is 32.7 Å². The first-order chi connectivity index (χ1) is 13.5. The van der Waals surface area contributed by atoms with Gasteiger partial charge in [-0.15, -0.1) is 0 Å². The molecule has 4 rings (SSSR count). The van der Waals surface area contributed by atoms with Crippen LogP contribution in [0.1, 0.15) is 5.69 Å². The molecule has 1 amide bonds. The molecule has 2 heterocycles. The molecule has 0 atom stereocenters. The monoisotopic (exact) mass is 393 g/mol. The zero-order valence-corrected chi connectivity index (χ0v) is 15.7. The van der Waals surface area contributed by atoms with Gasteiger partial charge in [-0.25, -0.2) is 9.38 Å². The van der Waals surface area contributed by atoms with Crippen molar-refractivity contribution in [1.82, 2.24) is 9.47 Å². The maximum atomic E-state index is 13.4. The second-order valence-electron chi connectivity index (χ2n) is 6.17. The number of hydrogen-bond acceptors (Lipinski definition) is 4. The highest BCUT2D eigenvalue weighted by molar-refractivity contribution is 8.18. The largest absolute Gasteiger partial charge is 0.508 e. The van der Waals surface area contributed by atoms with Crippen molar-refractivity contribution in [2.24, 2.45) is 4.99 Å². The lowest BCUT2D eigenvalue weighted by Gasteiger charge is -2.07. The highest BCUT2D eigenvalue weighted by Gasteiger charge is 2.30. The van der Waals surface area contributed by atoms with Gasteiger partial charge >= 0.3 is 0 Å². The standard InChI is InChI=1S/C21H16FN3O2S/c1-24-20(27)19(28-21(24)23-15-5-2-4-14(22)12-15)13-17-6-3-11-25(17)16-7-9-18(26)10-8-16/h2-13,26H,1H3/b19-13-,23-21?. The minimum atomic E-state index is -0.374. The second kappa shape index (κ2) is 7.36. The van der Waals surface area contributed by atoms with Crippen molar-refractivity contribution in [3.8, 4) is 11.4 Å². The van der Waals surface area contributed by atoms with Crippen molar-refractivity contribution in [3.63, 3.8) is 0 Å². The van der Waals surface area contributed by atoms with Gasteiger partial charge in [0.15, 0.2) is 5.17 Å². The Morgan fingerprint density at radius 1 is 1.11 bits per heavy atom. The highest BCUT2D eigenvalue weighted by Crippen LogP contribution is 2.33. The summed E-state index contributed by atoms with van der Waals surface area (Å²) in [6, 6.07) is 16.5. The quantitative estimate of drug-likeness (QED) is 0.664. The summed E-state index contributed by atoms with van der Waals surface area (Å²) >= 11 is 1.24. The molecule has 28 heavy (non-hydrogen) atoms. The third-order valence-corrected chi connectivity index (χ3v) is 5.28. The molecule has 1 saturated heterocycles. The van der Waals surface area contributed by atoms with Crippen molar-refractivity contribution in [1.29, 1.82) is 0 Å². The van der Waals surface area contributed by atoms with Gasteiger partial charge in [-0.1, -0.05) is 6.07 Å². The van der Waals surface area contributed by atoms with Crippen LogP contribution in [0, 0.1) is 5.82 Å². The Labute approximate surface area is 165 Å². The fraction of sp³-hybridized carbons (Fsp3) is 0.0476. The summed E-state index contributed by atoms with van der Waals surface area (Å²) in [5.74, 6) is -0.350. The molecule has 0 saturated carbocycles. The van der Waals surface area contributed by atoms with Crippen molar-refractivity contribution in [2.75, 3.05) is 7.05 Å². The van der Waals surface area contributed by atoms with Crippen LogP contribution in [0.25, 0.3) is 11.8 Å². The first-order valence-corrected chi connectivity index (χ1v) is 9.31. The van der Waals surface area contributed by atoms with E-state index in [1.807, 2.05) is 22.9 Å². The van der Waals surface area contributed by atoms with E-state index in [1.165, 1.54) is 28.8 Å². The lowest BCUT2D eigenvalue weighted by Crippen LogP contribution is -2.23. The molecular formula is C21H16FN3O2S. The first kappa shape index (κ1) is 18.1. The third-order valence-electron chi connectivity index (χ3n) is 4.22. The summed E-state index contributed by atoms with van der Waals surface area (Å²) in [7, 11) is 1.65. The smallest absolute Gasteiger partial charge is 0.266 e. The Balaban J connectivity index is 1.65. The molecule has 0 bridgehead atoms. The molecule has 0 radical (unpaired) electrons. The van der Waals surface area contributed by atoms with Crippen molar-refractivity contribution >= 4 is 34.6 Å². The van der Waals surface area contributed by atoms with E-state index in [-0.39, 0.29) is 17.5 Å². The van der Waals surface area contributed by atoms with E-state index in [4.69, 9.17) is 0 Å². The zero-order chi connectivity index (χ0) is 19.7. The molecule has 1 aliphatic heterocycles. The van der Waals surface area contributed by atoms with Crippen LogP contribution in [0.15, 0.2) is 76.8 Å². The van der Waals surface area contributed by atoms with E-state index < -0.39 is 0 Å². The Morgan fingerprint density at radius 3 is 2.64 bits per heavy atom. The number of aromatic nitrogens is 1. The molecule has 0 unspecified atom stereocenters. The van der Waals surface area contributed by atoms with Gasteiger partial charge in [-0.3, -0.25) is 9.69 Å². The highest BCUT2D eigenvalue weighted by atomic mass is 32.2. The molecule has 1 aliphatic rings. The van der Waals surface area contributed by atoms with Crippen LogP contribution in [0.5, 0.6) is 5.75 Å². The van der Waals surface area contributed by atoms with E-state index in [2.05, 4.69) is 4.99 Å². The summed E-state index contributed by atoms with van der Waals surface area (Å²) in [4.78, 5) is 19.0. The van der Waals surface area contributed by atoms with Crippen LogP contribution >= 0.6 is 11.8 Å². The van der Waals surface area contributed by atoms with Crippen LogP contribution in [0.3, 0.4) is 0 Å². The summed E-state index contributed by atoms with van der Waals surface area (Å²) in [5, 5.41) is 9.96. The molecule has 0 aliphatic carbocycles. The summed E-state index contributed by atoms with van der Waals surface area (Å²) in [5.41, 5.74) is 2.14. The van der Waals surface area contributed by atoms with Gasteiger partial charge in [-0.05, 0) is 72.4 Å². The lowest BCUT2D eigenvalue weighted by atomic mass is 10.3. The van der Waals surface area contributed by atoms with E-state index in [0.29, 0.717) is 15.8 Å². The number of aromatic hydroxyl groups is 1. The molecule has 3 aromatic rings. The minimum Gasteiger partial charge on any atom is -0.508 e. The van der Waals surface area contributed by atoms with Gasteiger partial charge < -0.3 is 9.67 Å². The maximum absolute atomic E-state index is 13.4. The predicted molar refractivity (Wildman–Crippen MR) is 109 cm³/mol. The van der Waals surface area contributed by atoms with Crippen LogP contribution in [0.4, 0.5) is 10.1 Å². The first-order valence-electron chi connectivity index (χ1n) is 8.50. The number of halogens is 1. The summed E-state index contributed by atoms with van der Waals surface area (Å²) in [6.45, 7) is 0. The lowest BCUT2D eigenvalue weighted by molar-refractivity contribution is -0.121. The number of likely N-dealkylation sites (N-methyl/N-ethyl adjacent to an activating group) is 1. The number of thioether (sulfide) groups is 1. The third kappa shape index (κ3) is 3.57. The average molecular weight is 393 g/mol. The number of carbonyl (C=O) groups is 1. The van der Waals surface area contributed by atoms with Gasteiger partial charge in [0.05, 0.1) is 10.6 Å². The molecule has 5 nitrogen and oxygen atoms in total. The molecule has 1 aromatic heterocycles. The minimum absolute atomic E-state index is 0.168. The molecule has 2 aromatic carbocycles. The topological polar surface area (TPSA) is 57.8 Å². The second-order valence-corrected chi connectivity index (χ2v) is 7.18. The van der Waals surface area contributed by atoms with Crippen LogP contribution < -0.4 is 0 Å². The van der Waals surface area contributed by atoms with Gasteiger partial charge in [0.1, 0.15) is 11.6 Å². The van der Waals surface area contributed by atoms with Crippen LogP contribution in [-0.2, 0) is 4.79 Å². The summed E-state index contributed by atoms with van der Waals surface area (Å²) < 4.78 is 15.3. The maximum Gasteiger partial charge on any atom is 0.266 e. The van der Waals surface area contributed by atoms with E-state index >= 15 is 0 Å². The van der Waals surface area contributed by atoms with Gasteiger partial charge in [0.2, 0.25) is 0 Å². The van der Waals surface area contributed by atoms with E-state index in [9.17, 15) is 14.3 Å². The number of rotatable bonds is 3. The van der Waals surface area contributed by atoms with Crippen molar-refractivity contribution in [3.05, 3.63) is 83.3 Å². The Bertz CT molecular complexity index is 1100. The number of phenolic OH excluding ortho intramolecular Hbond substituents is 1. The van der Waals surface area contributed by atoms with Gasteiger partial charge in [-0.2, -0.15) is 0 Å². The molecular weight excluding hydrogens is 377 g/mol. The molecule has 7 heteroatoms. The van der Waals surface area contributed by atoms with Crippen LogP contribution in [0.2, 0.25) is 0 Å². The number of benzene rings is 2. The number of aliphatic imine (C=N–C) groups is 1. The molecule has 1 N–H and O–H groups in total. The molecule has 140 valence electrons. The number of amidine groups is 1. The van der Waals surface area contributed by atoms with E-state index in [1.54, 1.807) is 49.5 Å². The SMILES string of the molecule is CN1C(=O)/C(=C/c2cccn2-c2ccc(O)cc2)SC1=Nc1cccc(F)c1. The molecule has 0 spiro atoms. The number of phenols is 1.